The molecule has 0 aliphatic rings. The molecule has 1 aromatic heterocycles. The van der Waals surface area contributed by atoms with E-state index in [1.807, 2.05) is 6.92 Å². The van der Waals surface area contributed by atoms with Gasteiger partial charge in [0.2, 0.25) is 5.91 Å². The molecule has 8 heteroatoms. The zero-order chi connectivity index (χ0) is 22.9. The Morgan fingerprint density at radius 3 is 1.94 bits per heavy atom. The Morgan fingerprint density at radius 1 is 0.839 bits per heavy atom. The highest BCUT2D eigenvalue weighted by molar-refractivity contribution is 5.91. The van der Waals surface area contributed by atoms with Crippen LogP contribution in [0.2, 0.25) is 0 Å². The van der Waals surface area contributed by atoms with E-state index in [9.17, 15) is 14.4 Å². The van der Waals surface area contributed by atoms with E-state index in [0.29, 0.717) is 24.4 Å². The Balaban J connectivity index is 2.18. The van der Waals surface area contributed by atoms with E-state index in [4.69, 9.17) is 14.9 Å². The SMILES string of the molecule is Cc1ccnc(NC(=O)CCCCCCCCCCCC(=O)O)c1OCCCC(=O)O. The number of unbranched alkanes of at least 4 members (excludes halogenated alkanes) is 8. The number of aliphatic carboxylic acids is 2. The predicted molar refractivity (Wildman–Crippen MR) is 118 cm³/mol. The normalized spacial score (nSPS) is 10.6. The summed E-state index contributed by atoms with van der Waals surface area (Å²) < 4.78 is 5.67. The molecule has 3 N–H and O–H groups in total. The van der Waals surface area contributed by atoms with Crippen molar-refractivity contribution in [3.8, 4) is 5.75 Å². The number of pyridine rings is 1. The van der Waals surface area contributed by atoms with Crippen LogP contribution in [0, 0.1) is 6.92 Å². The van der Waals surface area contributed by atoms with Gasteiger partial charge in [0.05, 0.1) is 6.61 Å². The highest BCUT2D eigenvalue weighted by atomic mass is 16.5. The summed E-state index contributed by atoms with van der Waals surface area (Å²) in [6.45, 7) is 2.11. The molecule has 174 valence electrons. The van der Waals surface area contributed by atoms with E-state index in [1.165, 1.54) is 0 Å². The third-order valence-corrected chi connectivity index (χ3v) is 4.94. The van der Waals surface area contributed by atoms with Crippen LogP contribution >= 0.6 is 0 Å². The van der Waals surface area contributed by atoms with E-state index < -0.39 is 11.9 Å². The maximum absolute atomic E-state index is 12.3. The minimum absolute atomic E-state index is 0.0335. The first-order valence-electron chi connectivity index (χ1n) is 11.2. The number of aryl methyl sites for hydroxylation is 1. The number of amides is 1. The Bertz CT molecular complexity index is 693. The zero-order valence-electron chi connectivity index (χ0n) is 18.5. The molecular formula is C23H36N2O6. The van der Waals surface area contributed by atoms with Crippen LogP contribution in [-0.2, 0) is 14.4 Å². The fourth-order valence-corrected chi connectivity index (χ4v) is 3.21. The molecule has 8 nitrogen and oxygen atoms in total. The monoisotopic (exact) mass is 436 g/mol. The van der Waals surface area contributed by atoms with Gasteiger partial charge >= 0.3 is 11.9 Å². The molecule has 0 aliphatic heterocycles. The first-order chi connectivity index (χ1) is 14.9. The number of nitrogens with zero attached hydrogens (tertiary/aromatic N) is 1. The van der Waals surface area contributed by atoms with Gasteiger partial charge in [-0.05, 0) is 37.8 Å². The summed E-state index contributed by atoms with van der Waals surface area (Å²) in [5.74, 6) is -0.822. The van der Waals surface area contributed by atoms with Crippen molar-refractivity contribution in [1.29, 1.82) is 0 Å². The van der Waals surface area contributed by atoms with Gasteiger partial charge < -0.3 is 20.3 Å². The number of hydrogen-bond acceptors (Lipinski definition) is 5. The number of nitrogens with one attached hydrogen (secondary N) is 1. The number of carboxylic acids is 2. The summed E-state index contributed by atoms with van der Waals surface area (Å²) in [7, 11) is 0. The molecule has 0 saturated heterocycles. The van der Waals surface area contributed by atoms with Crippen molar-refractivity contribution in [3.05, 3.63) is 17.8 Å². The molecule has 0 fully saturated rings. The van der Waals surface area contributed by atoms with E-state index in [1.54, 1.807) is 12.3 Å². The zero-order valence-corrected chi connectivity index (χ0v) is 18.5. The van der Waals surface area contributed by atoms with Gasteiger partial charge in [-0.1, -0.05) is 44.9 Å². The van der Waals surface area contributed by atoms with Crippen molar-refractivity contribution in [2.45, 2.75) is 90.4 Å². The summed E-state index contributed by atoms with van der Waals surface area (Å²) in [5, 5.41) is 20.1. The number of carbonyl (C=O) groups is 3. The van der Waals surface area contributed by atoms with Crippen molar-refractivity contribution in [1.82, 2.24) is 4.98 Å². The number of carbonyl (C=O) groups excluding carboxylic acids is 1. The molecule has 0 spiro atoms. The van der Waals surface area contributed by atoms with Crippen molar-refractivity contribution >= 4 is 23.7 Å². The first-order valence-corrected chi connectivity index (χ1v) is 11.2. The molecule has 0 radical (unpaired) electrons. The summed E-state index contributed by atoms with van der Waals surface area (Å²) in [4.78, 5) is 37.5. The van der Waals surface area contributed by atoms with Gasteiger partial charge in [-0.15, -0.1) is 0 Å². The Morgan fingerprint density at radius 2 is 1.35 bits per heavy atom. The molecule has 0 unspecified atom stereocenters. The number of ether oxygens (including phenoxy) is 1. The van der Waals surface area contributed by atoms with Gasteiger partial charge in [0, 0.05) is 25.5 Å². The van der Waals surface area contributed by atoms with E-state index in [2.05, 4.69) is 10.3 Å². The maximum Gasteiger partial charge on any atom is 0.303 e. The third-order valence-electron chi connectivity index (χ3n) is 4.94. The molecule has 0 aromatic carbocycles. The van der Waals surface area contributed by atoms with Crippen molar-refractivity contribution in [2.24, 2.45) is 0 Å². The Hall–Kier alpha value is -2.64. The lowest BCUT2D eigenvalue weighted by Crippen LogP contribution is -2.14. The largest absolute Gasteiger partial charge is 0.489 e. The van der Waals surface area contributed by atoms with Crippen LogP contribution in [0.1, 0.15) is 89.0 Å². The van der Waals surface area contributed by atoms with E-state index >= 15 is 0 Å². The van der Waals surface area contributed by atoms with E-state index in [-0.39, 0.29) is 25.4 Å². The van der Waals surface area contributed by atoms with Gasteiger partial charge in [-0.25, -0.2) is 4.98 Å². The highest BCUT2D eigenvalue weighted by Crippen LogP contribution is 2.26. The fourth-order valence-electron chi connectivity index (χ4n) is 3.21. The van der Waals surface area contributed by atoms with Crippen LogP contribution < -0.4 is 10.1 Å². The Kier molecular flexibility index (Phi) is 13.7. The fraction of sp³-hybridized carbons (Fsp3) is 0.652. The number of rotatable bonds is 18. The molecule has 1 heterocycles. The summed E-state index contributed by atoms with van der Waals surface area (Å²) >= 11 is 0. The molecular weight excluding hydrogens is 400 g/mol. The van der Waals surface area contributed by atoms with Crippen molar-refractivity contribution in [3.63, 3.8) is 0 Å². The summed E-state index contributed by atoms with van der Waals surface area (Å²) in [5.41, 5.74) is 0.837. The number of aromatic nitrogens is 1. The Labute approximate surface area is 184 Å². The van der Waals surface area contributed by atoms with Crippen LogP contribution in [0.15, 0.2) is 12.3 Å². The standard InChI is InChI=1S/C23H36N2O6/c1-18-15-16-24-23(22(18)31-17-11-14-21(29)30)25-19(26)12-9-7-5-3-2-4-6-8-10-13-20(27)28/h15-16H,2-14,17H2,1H3,(H,27,28)(H,29,30)(H,24,25,26). The average molecular weight is 437 g/mol. The molecule has 0 bridgehead atoms. The summed E-state index contributed by atoms with van der Waals surface area (Å²) in [6.07, 6.45) is 11.8. The van der Waals surface area contributed by atoms with Crippen LogP contribution in [0.5, 0.6) is 5.75 Å². The lowest BCUT2D eigenvalue weighted by molar-refractivity contribution is -0.138. The lowest BCUT2D eigenvalue weighted by Gasteiger charge is -2.13. The minimum Gasteiger partial charge on any atom is -0.489 e. The molecule has 31 heavy (non-hydrogen) atoms. The van der Waals surface area contributed by atoms with Gasteiger partial charge in [0.1, 0.15) is 0 Å². The first kappa shape index (κ1) is 26.4. The van der Waals surface area contributed by atoms with E-state index in [0.717, 1.165) is 63.4 Å². The predicted octanol–water partition coefficient (Wildman–Crippen LogP) is 4.95. The lowest BCUT2D eigenvalue weighted by atomic mass is 10.1. The number of hydrogen-bond donors (Lipinski definition) is 3. The van der Waals surface area contributed by atoms with Crippen LogP contribution in [0.25, 0.3) is 0 Å². The van der Waals surface area contributed by atoms with Gasteiger partial charge in [-0.3, -0.25) is 14.4 Å². The molecule has 1 rings (SSSR count). The van der Waals surface area contributed by atoms with Crippen LogP contribution in [0.3, 0.4) is 0 Å². The molecule has 1 aromatic rings. The second-order valence-electron chi connectivity index (χ2n) is 7.78. The van der Waals surface area contributed by atoms with Gasteiger partial charge in [0.15, 0.2) is 11.6 Å². The quantitative estimate of drug-likeness (QED) is 0.278. The van der Waals surface area contributed by atoms with Gasteiger partial charge in [0.25, 0.3) is 0 Å². The number of carboxylic acid groups (broad SMARTS) is 2. The summed E-state index contributed by atoms with van der Waals surface area (Å²) in [6, 6.07) is 1.79. The molecule has 0 aliphatic carbocycles. The van der Waals surface area contributed by atoms with Crippen LogP contribution in [-0.4, -0.2) is 39.6 Å². The second kappa shape index (κ2) is 16.1. The van der Waals surface area contributed by atoms with Crippen LogP contribution in [0.4, 0.5) is 5.82 Å². The second-order valence-corrected chi connectivity index (χ2v) is 7.78. The number of anilines is 1. The smallest absolute Gasteiger partial charge is 0.303 e. The highest BCUT2D eigenvalue weighted by Gasteiger charge is 2.12. The molecule has 1 amide bonds. The third kappa shape index (κ3) is 13.3. The molecule has 0 atom stereocenters. The topological polar surface area (TPSA) is 126 Å². The minimum atomic E-state index is -0.865. The molecule has 0 saturated carbocycles. The van der Waals surface area contributed by atoms with Gasteiger partial charge in [-0.2, -0.15) is 0 Å². The van der Waals surface area contributed by atoms with Crippen molar-refractivity contribution in [2.75, 3.05) is 11.9 Å². The maximum atomic E-state index is 12.3. The van der Waals surface area contributed by atoms with Crippen molar-refractivity contribution < 1.29 is 29.3 Å². The average Bonchev–Trinajstić information content (AvgIpc) is 2.70.